The van der Waals surface area contributed by atoms with Crippen LogP contribution in [0.5, 0.6) is 5.75 Å². The summed E-state index contributed by atoms with van der Waals surface area (Å²) in [5, 5.41) is 8.47. The average molecular weight is 301 g/mol. The Hall–Kier alpha value is -1.76. The van der Waals surface area contributed by atoms with Crippen LogP contribution in [-0.2, 0) is 14.8 Å². The molecule has 1 rings (SSSR count). The van der Waals surface area contributed by atoms with Crippen LogP contribution in [0, 0.1) is 5.41 Å². The lowest BCUT2D eigenvalue weighted by Crippen LogP contribution is -2.26. The van der Waals surface area contributed by atoms with E-state index >= 15 is 0 Å². The second-order valence-corrected chi connectivity index (χ2v) is 7.35. The quantitative estimate of drug-likeness (QED) is 0.837. The molecular formula is C13H19NO5S. The van der Waals surface area contributed by atoms with Crippen LogP contribution < -0.4 is 9.46 Å². The normalized spacial score (nSPS) is 11.9. The molecule has 0 saturated heterocycles. The van der Waals surface area contributed by atoms with Crippen molar-refractivity contribution in [1.82, 2.24) is 0 Å². The van der Waals surface area contributed by atoms with Gasteiger partial charge < -0.3 is 9.84 Å². The summed E-state index contributed by atoms with van der Waals surface area (Å²) >= 11 is 0. The molecule has 6 nitrogen and oxygen atoms in total. The number of ether oxygens (including phenoxy) is 1. The van der Waals surface area contributed by atoms with Gasteiger partial charge in [0.1, 0.15) is 5.75 Å². The maximum Gasteiger partial charge on any atom is 0.341 e. The van der Waals surface area contributed by atoms with Crippen molar-refractivity contribution in [1.29, 1.82) is 0 Å². The van der Waals surface area contributed by atoms with E-state index in [1.165, 1.54) is 24.3 Å². The first-order valence-electron chi connectivity index (χ1n) is 6.03. The van der Waals surface area contributed by atoms with E-state index in [4.69, 9.17) is 9.84 Å². The van der Waals surface area contributed by atoms with E-state index in [1.807, 2.05) is 20.8 Å². The van der Waals surface area contributed by atoms with Crippen LogP contribution in [0.4, 0.5) is 5.69 Å². The summed E-state index contributed by atoms with van der Waals surface area (Å²) in [6.45, 7) is 5.09. The molecule has 0 fully saturated rings. The number of anilines is 1. The van der Waals surface area contributed by atoms with Crippen LogP contribution >= 0.6 is 0 Å². The lowest BCUT2D eigenvalue weighted by molar-refractivity contribution is -0.139. The van der Waals surface area contributed by atoms with Gasteiger partial charge in [-0.15, -0.1) is 0 Å². The standard InChI is InChI=1S/C13H19NO5S/c1-13(2,3)9-20(17,18)14-10-4-6-11(7-5-10)19-8-12(15)16/h4-7,14H,8-9H2,1-3H3,(H,15,16). The van der Waals surface area contributed by atoms with Crippen molar-refractivity contribution in [3.63, 3.8) is 0 Å². The largest absolute Gasteiger partial charge is 0.482 e. The maximum atomic E-state index is 11.9. The van der Waals surface area contributed by atoms with E-state index in [9.17, 15) is 13.2 Å². The summed E-state index contributed by atoms with van der Waals surface area (Å²) in [5.74, 6) is -0.691. The van der Waals surface area contributed by atoms with Gasteiger partial charge in [0.15, 0.2) is 6.61 Å². The summed E-state index contributed by atoms with van der Waals surface area (Å²) in [6.07, 6.45) is 0. The Balaban J connectivity index is 2.68. The Morgan fingerprint density at radius 1 is 1.25 bits per heavy atom. The van der Waals surface area contributed by atoms with E-state index in [2.05, 4.69) is 4.72 Å². The van der Waals surface area contributed by atoms with E-state index in [-0.39, 0.29) is 11.2 Å². The monoisotopic (exact) mass is 301 g/mol. The molecule has 0 atom stereocenters. The van der Waals surface area contributed by atoms with Crippen LogP contribution in [0.3, 0.4) is 0 Å². The average Bonchev–Trinajstić information content (AvgIpc) is 2.24. The van der Waals surface area contributed by atoms with Gasteiger partial charge >= 0.3 is 5.97 Å². The van der Waals surface area contributed by atoms with Crippen molar-refractivity contribution in [3.05, 3.63) is 24.3 Å². The van der Waals surface area contributed by atoms with Gasteiger partial charge in [-0.3, -0.25) is 4.72 Å². The van der Waals surface area contributed by atoms with Crippen molar-refractivity contribution in [2.45, 2.75) is 20.8 Å². The molecule has 1 aromatic rings. The van der Waals surface area contributed by atoms with E-state index in [0.29, 0.717) is 11.4 Å². The smallest absolute Gasteiger partial charge is 0.341 e. The van der Waals surface area contributed by atoms with Gasteiger partial charge in [0, 0.05) is 5.69 Å². The minimum atomic E-state index is -3.42. The Morgan fingerprint density at radius 2 is 1.80 bits per heavy atom. The Morgan fingerprint density at radius 3 is 2.25 bits per heavy atom. The van der Waals surface area contributed by atoms with Crippen molar-refractivity contribution < 1.29 is 23.1 Å². The second kappa shape index (κ2) is 6.13. The van der Waals surface area contributed by atoms with Crippen LogP contribution in [0.2, 0.25) is 0 Å². The minimum Gasteiger partial charge on any atom is -0.482 e. The zero-order valence-electron chi connectivity index (χ0n) is 11.7. The van der Waals surface area contributed by atoms with Gasteiger partial charge in [-0.2, -0.15) is 0 Å². The topological polar surface area (TPSA) is 92.7 Å². The van der Waals surface area contributed by atoms with Gasteiger partial charge in [0.2, 0.25) is 10.0 Å². The second-order valence-electron chi connectivity index (χ2n) is 5.63. The number of sulfonamides is 1. The molecule has 0 amide bonds. The number of benzene rings is 1. The highest BCUT2D eigenvalue weighted by Gasteiger charge is 2.21. The number of aliphatic carboxylic acids is 1. The fourth-order valence-electron chi connectivity index (χ4n) is 1.55. The van der Waals surface area contributed by atoms with Crippen molar-refractivity contribution in [3.8, 4) is 5.75 Å². The summed E-state index contributed by atoms with van der Waals surface area (Å²) < 4.78 is 31.2. The predicted molar refractivity (Wildman–Crippen MR) is 76.4 cm³/mol. The molecule has 7 heteroatoms. The van der Waals surface area contributed by atoms with Gasteiger partial charge in [0.05, 0.1) is 5.75 Å². The maximum absolute atomic E-state index is 11.9. The summed E-state index contributed by atoms with van der Waals surface area (Å²) in [4.78, 5) is 10.3. The molecule has 0 spiro atoms. The molecule has 112 valence electrons. The molecule has 0 aromatic heterocycles. The van der Waals surface area contributed by atoms with Gasteiger partial charge in [-0.1, -0.05) is 20.8 Å². The van der Waals surface area contributed by atoms with Crippen LogP contribution in [0.15, 0.2) is 24.3 Å². The number of nitrogens with one attached hydrogen (secondary N) is 1. The van der Waals surface area contributed by atoms with Crippen LogP contribution in [0.25, 0.3) is 0 Å². The Bertz CT molecular complexity index is 557. The molecule has 0 aliphatic carbocycles. The van der Waals surface area contributed by atoms with Crippen LogP contribution in [-0.4, -0.2) is 31.9 Å². The van der Waals surface area contributed by atoms with Gasteiger partial charge in [0.25, 0.3) is 0 Å². The van der Waals surface area contributed by atoms with Crippen molar-refractivity contribution in [2.24, 2.45) is 5.41 Å². The molecule has 1 aromatic carbocycles. The van der Waals surface area contributed by atoms with Crippen molar-refractivity contribution in [2.75, 3.05) is 17.1 Å². The third kappa shape index (κ3) is 6.42. The molecule has 0 radical (unpaired) electrons. The number of hydrogen-bond acceptors (Lipinski definition) is 4. The molecule has 0 unspecified atom stereocenters. The fourth-order valence-corrected chi connectivity index (χ4v) is 3.26. The zero-order chi connectivity index (χ0) is 15.4. The lowest BCUT2D eigenvalue weighted by Gasteiger charge is -2.18. The van der Waals surface area contributed by atoms with E-state index in [0.717, 1.165) is 0 Å². The fraction of sp³-hybridized carbons (Fsp3) is 0.462. The first-order valence-corrected chi connectivity index (χ1v) is 7.68. The molecule has 0 aliphatic heterocycles. The molecule has 20 heavy (non-hydrogen) atoms. The van der Waals surface area contributed by atoms with Crippen molar-refractivity contribution >= 4 is 21.7 Å². The summed E-state index contributed by atoms with van der Waals surface area (Å²) in [7, 11) is -3.42. The molecular weight excluding hydrogens is 282 g/mol. The number of hydrogen-bond donors (Lipinski definition) is 2. The lowest BCUT2D eigenvalue weighted by atomic mass is 10.0. The molecule has 0 bridgehead atoms. The first-order chi connectivity index (χ1) is 9.07. The SMILES string of the molecule is CC(C)(C)CS(=O)(=O)Nc1ccc(OCC(=O)O)cc1. The van der Waals surface area contributed by atoms with E-state index < -0.39 is 22.6 Å². The Kier molecular flexibility index (Phi) is 4.99. The number of carboxylic acid groups (broad SMARTS) is 1. The zero-order valence-corrected chi connectivity index (χ0v) is 12.5. The third-order valence-electron chi connectivity index (χ3n) is 2.11. The first kappa shape index (κ1) is 16.3. The minimum absolute atomic E-state index is 0.0112. The highest BCUT2D eigenvalue weighted by Crippen LogP contribution is 2.20. The third-order valence-corrected chi connectivity index (χ3v) is 3.91. The summed E-state index contributed by atoms with van der Waals surface area (Å²) in [5.41, 5.74) is 0.0769. The highest BCUT2D eigenvalue weighted by atomic mass is 32.2. The summed E-state index contributed by atoms with van der Waals surface area (Å²) in [6, 6.07) is 6.07. The van der Waals surface area contributed by atoms with Crippen LogP contribution in [0.1, 0.15) is 20.8 Å². The van der Waals surface area contributed by atoms with Gasteiger partial charge in [-0.25, -0.2) is 13.2 Å². The molecule has 2 N–H and O–H groups in total. The Labute approximate surface area is 118 Å². The van der Waals surface area contributed by atoms with E-state index in [1.54, 1.807) is 0 Å². The van der Waals surface area contributed by atoms with Gasteiger partial charge in [-0.05, 0) is 29.7 Å². The number of rotatable bonds is 6. The number of carbonyl (C=O) groups is 1. The molecule has 0 heterocycles. The predicted octanol–water partition coefficient (Wildman–Crippen LogP) is 1.94. The number of carboxylic acids is 1. The molecule has 0 aliphatic rings. The highest BCUT2D eigenvalue weighted by molar-refractivity contribution is 7.92. The molecule has 0 saturated carbocycles.